The maximum absolute atomic E-state index is 13.4. The Balaban J connectivity index is 1.50. The number of hydrogen-bond donors (Lipinski definition) is 1. The second-order valence-electron chi connectivity index (χ2n) is 9.90. The number of nitrogens with zero attached hydrogens (tertiary/aromatic N) is 2. The summed E-state index contributed by atoms with van der Waals surface area (Å²) < 4.78 is 5.68. The number of carboxylic acid groups (broad SMARTS) is 1. The Morgan fingerprint density at radius 1 is 1.12 bits per heavy atom. The average molecular weight is 463 g/mol. The van der Waals surface area contributed by atoms with Gasteiger partial charge in [0.1, 0.15) is 17.1 Å². The summed E-state index contributed by atoms with van der Waals surface area (Å²) in [5, 5.41) is 9.33. The molecule has 34 heavy (non-hydrogen) atoms. The molecule has 2 aromatic carbocycles. The first-order valence-corrected chi connectivity index (χ1v) is 12.3. The SMILES string of the molecule is CCCCC1=NC2(CCCC2)C(=O)N1Cc1ccc(-c2cccc(OC(C)(C)C(=O)O)c2)cc1. The van der Waals surface area contributed by atoms with Gasteiger partial charge in [0.25, 0.3) is 5.91 Å². The molecule has 180 valence electrons. The van der Waals surface area contributed by atoms with Crippen LogP contribution in [0.3, 0.4) is 0 Å². The van der Waals surface area contributed by atoms with Gasteiger partial charge in [-0.25, -0.2) is 4.79 Å². The van der Waals surface area contributed by atoms with Gasteiger partial charge < -0.3 is 9.84 Å². The van der Waals surface area contributed by atoms with Crippen LogP contribution in [0.15, 0.2) is 53.5 Å². The second kappa shape index (κ2) is 9.61. The van der Waals surface area contributed by atoms with E-state index in [0.717, 1.165) is 67.5 Å². The molecule has 1 saturated carbocycles. The lowest BCUT2D eigenvalue weighted by molar-refractivity contribution is -0.152. The first-order valence-electron chi connectivity index (χ1n) is 12.3. The summed E-state index contributed by atoms with van der Waals surface area (Å²) >= 11 is 0. The Kier molecular flexibility index (Phi) is 6.78. The van der Waals surface area contributed by atoms with E-state index in [1.54, 1.807) is 6.07 Å². The molecule has 1 spiro atoms. The third-order valence-electron chi connectivity index (χ3n) is 6.83. The highest BCUT2D eigenvalue weighted by Gasteiger charge is 2.49. The zero-order valence-corrected chi connectivity index (χ0v) is 20.3. The predicted octanol–water partition coefficient (Wildman–Crippen LogP) is 5.84. The van der Waals surface area contributed by atoms with Crippen molar-refractivity contribution in [1.29, 1.82) is 0 Å². The molecule has 1 amide bonds. The maximum Gasteiger partial charge on any atom is 0.347 e. The molecule has 1 fully saturated rings. The summed E-state index contributed by atoms with van der Waals surface area (Å²) in [4.78, 5) is 31.6. The highest BCUT2D eigenvalue weighted by atomic mass is 16.5. The number of aliphatic imine (C=N–C) groups is 1. The lowest BCUT2D eigenvalue weighted by atomic mass is 9.98. The number of unbranched alkanes of at least 4 members (excludes halogenated alkanes) is 1. The van der Waals surface area contributed by atoms with Crippen molar-refractivity contribution in [1.82, 2.24) is 4.90 Å². The van der Waals surface area contributed by atoms with E-state index >= 15 is 0 Å². The van der Waals surface area contributed by atoms with E-state index < -0.39 is 17.1 Å². The predicted molar refractivity (Wildman–Crippen MR) is 133 cm³/mol. The molecule has 0 unspecified atom stereocenters. The van der Waals surface area contributed by atoms with Gasteiger partial charge in [-0.05, 0) is 61.9 Å². The molecule has 6 heteroatoms. The molecule has 1 heterocycles. The Hall–Kier alpha value is -3.15. The van der Waals surface area contributed by atoms with Crippen LogP contribution in [0.2, 0.25) is 0 Å². The number of amides is 1. The summed E-state index contributed by atoms with van der Waals surface area (Å²) in [6.07, 6.45) is 6.85. The smallest absolute Gasteiger partial charge is 0.347 e. The number of carbonyl (C=O) groups is 2. The molecular weight excluding hydrogens is 428 g/mol. The van der Waals surface area contributed by atoms with Crippen LogP contribution in [-0.2, 0) is 16.1 Å². The molecule has 1 N–H and O–H groups in total. The van der Waals surface area contributed by atoms with Gasteiger partial charge in [-0.2, -0.15) is 0 Å². The van der Waals surface area contributed by atoms with Crippen LogP contribution < -0.4 is 4.74 Å². The van der Waals surface area contributed by atoms with Crippen LogP contribution in [0, 0.1) is 0 Å². The minimum Gasteiger partial charge on any atom is -0.478 e. The fourth-order valence-corrected chi connectivity index (χ4v) is 4.76. The summed E-state index contributed by atoms with van der Waals surface area (Å²) in [6.45, 7) is 5.77. The molecule has 0 bridgehead atoms. The van der Waals surface area contributed by atoms with Crippen LogP contribution in [0.25, 0.3) is 11.1 Å². The van der Waals surface area contributed by atoms with E-state index in [1.807, 2.05) is 35.2 Å². The maximum atomic E-state index is 13.4. The van der Waals surface area contributed by atoms with Gasteiger partial charge in [-0.15, -0.1) is 0 Å². The van der Waals surface area contributed by atoms with E-state index in [1.165, 1.54) is 13.8 Å². The van der Waals surface area contributed by atoms with Crippen molar-refractivity contribution < 1.29 is 19.4 Å². The minimum absolute atomic E-state index is 0.172. The van der Waals surface area contributed by atoms with E-state index in [9.17, 15) is 14.7 Å². The van der Waals surface area contributed by atoms with Crippen LogP contribution in [0.4, 0.5) is 0 Å². The average Bonchev–Trinajstić information content (AvgIpc) is 3.39. The van der Waals surface area contributed by atoms with Crippen LogP contribution in [-0.4, -0.2) is 38.9 Å². The van der Waals surface area contributed by atoms with Crippen LogP contribution in [0.5, 0.6) is 5.75 Å². The number of rotatable bonds is 9. The number of benzene rings is 2. The summed E-state index contributed by atoms with van der Waals surface area (Å²) in [6, 6.07) is 15.6. The molecule has 1 aliphatic heterocycles. The van der Waals surface area contributed by atoms with E-state index in [4.69, 9.17) is 9.73 Å². The van der Waals surface area contributed by atoms with Gasteiger partial charge in [-0.1, -0.05) is 62.6 Å². The minimum atomic E-state index is -1.31. The number of carbonyl (C=O) groups excluding carboxylic acids is 1. The van der Waals surface area contributed by atoms with Crippen molar-refractivity contribution >= 4 is 17.7 Å². The van der Waals surface area contributed by atoms with Gasteiger partial charge in [-0.3, -0.25) is 14.7 Å². The van der Waals surface area contributed by atoms with Crippen molar-refractivity contribution in [2.45, 2.75) is 83.4 Å². The third-order valence-corrected chi connectivity index (χ3v) is 6.83. The third kappa shape index (κ3) is 4.86. The Labute approximate surface area is 201 Å². The standard InChI is InChI=1S/C28H34N2O4/c1-4-5-11-24-29-28(16-6-7-17-28)25(31)30(24)19-20-12-14-21(15-13-20)22-9-8-10-23(18-22)34-27(2,3)26(32)33/h8-10,12-15,18H,4-7,11,16-17,19H2,1-3H3,(H,32,33). The lowest BCUT2D eigenvalue weighted by Gasteiger charge is -2.23. The van der Waals surface area contributed by atoms with Crippen molar-refractivity contribution in [2.75, 3.05) is 0 Å². The van der Waals surface area contributed by atoms with Crippen molar-refractivity contribution in [3.63, 3.8) is 0 Å². The summed E-state index contributed by atoms with van der Waals surface area (Å²) in [5.74, 6) is 0.616. The van der Waals surface area contributed by atoms with Crippen LogP contribution in [0.1, 0.15) is 71.3 Å². The molecule has 1 aliphatic carbocycles. The molecule has 2 aromatic rings. The lowest BCUT2D eigenvalue weighted by Crippen LogP contribution is -2.40. The van der Waals surface area contributed by atoms with Gasteiger partial charge in [0.2, 0.25) is 0 Å². The van der Waals surface area contributed by atoms with E-state index in [0.29, 0.717) is 12.3 Å². The van der Waals surface area contributed by atoms with Crippen molar-refractivity contribution in [2.24, 2.45) is 4.99 Å². The summed E-state index contributed by atoms with van der Waals surface area (Å²) in [5.41, 5.74) is 1.20. The van der Waals surface area contributed by atoms with Crippen LogP contribution >= 0.6 is 0 Å². The first-order chi connectivity index (χ1) is 16.2. The zero-order chi connectivity index (χ0) is 24.3. The van der Waals surface area contributed by atoms with Gasteiger partial charge in [0, 0.05) is 6.42 Å². The monoisotopic (exact) mass is 462 g/mol. The Morgan fingerprint density at radius 3 is 2.47 bits per heavy atom. The number of hydrogen-bond acceptors (Lipinski definition) is 4. The highest BCUT2D eigenvalue weighted by Crippen LogP contribution is 2.40. The van der Waals surface area contributed by atoms with Crippen molar-refractivity contribution in [3.05, 3.63) is 54.1 Å². The summed E-state index contributed by atoms with van der Waals surface area (Å²) in [7, 11) is 0. The molecule has 0 saturated heterocycles. The largest absolute Gasteiger partial charge is 0.478 e. The molecule has 0 aromatic heterocycles. The number of ether oxygens (including phenoxy) is 1. The van der Waals surface area contributed by atoms with Gasteiger partial charge in [0.05, 0.1) is 6.54 Å². The molecule has 0 radical (unpaired) electrons. The van der Waals surface area contributed by atoms with Gasteiger partial charge >= 0.3 is 5.97 Å². The first kappa shape index (κ1) is 24.0. The number of amidine groups is 1. The normalized spacial score (nSPS) is 17.3. The fourth-order valence-electron chi connectivity index (χ4n) is 4.76. The van der Waals surface area contributed by atoms with Crippen molar-refractivity contribution in [3.8, 4) is 16.9 Å². The fraction of sp³-hybridized carbons (Fsp3) is 0.464. The number of aliphatic carboxylic acids is 1. The molecule has 0 atom stereocenters. The second-order valence-corrected chi connectivity index (χ2v) is 9.90. The quantitative estimate of drug-likeness (QED) is 0.508. The Bertz CT molecular complexity index is 1080. The molecular formula is C28H34N2O4. The highest BCUT2D eigenvalue weighted by molar-refractivity contribution is 6.08. The Morgan fingerprint density at radius 2 is 1.82 bits per heavy atom. The topological polar surface area (TPSA) is 79.2 Å². The molecule has 2 aliphatic rings. The molecule has 6 nitrogen and oxygen atoms in total. The zero-order valence-electron chi connectivity index (χ0n) is 20.3. The number of carboxylic acids is 1. The van der Waals surface area contributed by atoms with E-state index in [2.05, 4.69) is 19.1 Å². The molecule has 4 rings (SSSR count). The van der Waals surface area contributed by atoms with Gasteiger partial charge in [0.15, 0.2) is 5.60 Å². The van der Waals surface area contributed by atoms with E-state index in [-0.39, 0.29) is 5.91 Å².